The molecule has 1 fully saturated rings. The number of nitrogens with two attached hydrogens (primary N) is 1. The Hall–Kier alpha value is -1.91. The van der Waals surface area contributed by atoms with Gasteiger partial charge in [-0.25, -0.2) is 8.42 Å². The fourth-order valence-corrected chi connectivity index (χ4v) is 2.59. The normalized spacial score (nSPS) is 15.1. The van der Waals surface area contributed by atoms with E-state index < -0.39 is 20.3 Å². The van der Waals surface area contributed by atoms with E-state index in [1.807, 2.05) is 0 Å². The van der Waals surface area contributed by atoms with Gasteiger partial charge in [0.25, 0.3) is 5.69 Å². The molecular formula is C13H19ClN4O5S. The van der Waals surface area contributed by atoms with Crippen LogP contribution in [0.2, 0.25) is 0 Å². The number of nitro benzene ring substituents is 1. The fourth-order valence-electron chi connectivity index (χ4n) is 1.95. The number of halogens is 1. The summed E-state index contributed by atoms with van der Waals surface area (Å²) in [7, 11) is -3.52. The number of nitrogens with zero attached hydrogens (tertiary/aromatic N) is 1. The zero-order chi connectivity index (χ0) is 17.3. The standard InChI is InChI=1S/C13H18N4O5S.ClH/c1-23(21,22)9-2-3-10(11(8-9)17(19)20)15-6-7-16-12(18)13(14)4-5-13;/h2-3,8,15H,4-7,14H2,1H3,(H,16,18);1H. The van der Waals surface area contributed by atoms with Crippen LogP contribution in [-0.2, 0) is 14.6 Å². The Kier molecular flexibility index (Phi) is 6.15. The van der Waals surface area contributed by atoms with Crippen LogP contribution in [0, 0.1) is 10.1 Å². The first-order valence-corrected chi connectivity index (χ1v) is 8.82. The molecule has 0 unspecified atom stereocenters. The van der Waals surface area contributed by atoms with Crippen molar-refractivity contribution in [3.05, 3.63) is 28.3 Å². The van der Waals surface area contributed by atoms with E-state index in [0.29, 0.717) is 12.8 Å². The molecule has 1 saturated carbocycles. The van der Waals surface area contributed by atoms with Crippen LogP contribution in [0.15, 0.2) is 23.1 Å². The maximum atomic E-state index is 11.6. The molecule has 11 heteroatoms. The highest BCUT2D eigenvalue weighted by molar-refractivity contribution is 7.90. The first-order chi connectivity index (χ1) is 10.6. The number of rotatable bonds is 7. The number of benzene rings is 1. The number of anilines is 1. The molecule has 24 heavy (non-hydrogen) atoms. The van der Waals surface area contributed by atoms with Gasteiger partial charge in [0.15, 0.2) is 9.84 Å². The minimum absolute atomic E-state index is 0. The quantitative estimate of drug-likeness (QED) is 0.354. The molecule has 9 nitrogen and oxygen atoms in total. The van der Waals surface area contributed by atoms with Gasteiger partial charge in [-0.2, -0.15) is 0 Å². The molecule has 0 saturated heterocycles. The summed E-state index contributed by atoms with van der Waals surface area (Å²) in [5, 5.41) is 16.5. The summed E-state index contributed by atoms with van der Waals surface area (Å²) in [6.07, 6.45) is 2.30. The third-order valence-electron chi connectivity index (χ3n) is 3.56. The zero-order valence-electron chi connectivity index (χ0n) is 12.9. The number of nitro groups is 1. The molecule has 0 bridgehead atoms. The van der Waals surface area contributed by atoms with Gasteiger partial charge in [0.05, 0.1) is 15.4 Å². The second kappa shape index (κ2) is 7.32. The lowest BCUT2D eigenvalue weighted by Gasteiger charge is -2.11. The summed E-state index contributed by atoms with van der Waals surface area (Å²) in [6.45, 7) is 0.504. The Balaban J connectivity index is 0.00000288. The molecule has 0 spiro atoms. The Bertz CT molecular complexity index is 749. The molecule has 0 radical (unpaired) electrons. The number of sulfone groups is 1. The average molecular weight is 379 g/mol. The zero-order valence-corrected chi connectivity index (χ0v) is 14.6. The van der Waals surface area contributed by atoms with Gasteiger partial charge in [-0.05, 0) is 25.0 Å². The van der Waals surface area contributed by atoms with E-state index in [-0.39, 0.29) is 47.7 Å². The Morgan fingerprint density at radius 1 is 1.38 bits per heavy atom. The van der Waals surface area contributed by atoms with Crippen LogP contribution in [0.1, 0.15) is 12.8 Å². The molecule has 0 atom stereocenters. The minimum atomic E-state index is -3.52. The van der Waals surface area contributed by atoms with Crippen LogP contribution in [0.4, 0.5) is 11.4 Å². The lowest BCUT2D eigenvalue weighted by atomic mass is 10.2. The largest absolute Gasteiger partial charge is 0.378 e. The number of hydrogen-bond donors (Lipinski definition) is 3. The predicted molar refractivity (Wildman–Crippen MR) is 91.1 cm³/mol. The first-order valence-electron chi connectivity index (χ1n) is 6.93. The smallest absolute Gasteiger partial charge is 0.293 e. The SMILES string of the molecule is CS(=O)(=O)c1ccc(NCCNC(=O)C2(N)CC2)c([N+](=O)[O-])c1.Cl. The molecule has 4 N–H and O–H groups in total. The number of nitrogens with one attached hydrogen (secondary N) is 2. The van der Waals surface area contributed by atoms with Crippen molar-refractivity contribution >= 4 is 39.5 Å². The Labute approximate surface area is 145 Å². The van der Waals surface area contributed by atoms with Crippen molar-refractivity contribution in [2.75, 3.05) is 24.7 Å². The summed E-state index contributed by atoms with van der Waals surface area (Å²) >= 11 is 0. The van der Waals surface area contributed by atoms with Crippen molar-refractivity contribution < 1.29 is 18.1 Å². The molecule has 1 amide bonds. The van der Waals surface area contributed by atoms with Gasteiger partial charge in [0.2, 0.25) is 5.91 Å². The molecule has 1 aliphatic carbocycles. The number of amides is 1. The van der Waals surface area contributed by atoms with E-state index in [9.17, 15) is 23.3 Å². The maximum Gasteiger partial charge on any atom is 0.293 e. The van der Waals surface area contributed by atoms with Gasteiger partial charge in [-0.1, -0.05) is 0 Å². The molecule has 2 rings (SSSR count). The van der Waals surface area contributed by atoms with Gasteiger partial charge in [-0.15, -0.1) is 12.4 Å². The third kappa shape index (κ3) is 4.79. The summed E-state index contributed by atoms with van der Waals surface area (Å²) < 4.78 is 22.9. The van der Waals surface area contributed by atoms with Gasteiger partial charge in [0.1, 0.15) is 5.69 Å². The molecule has 1 aromatic rings. The first kappa shape index (κ1) is 20.1. The molecule has 0 aromatic heterocycles. The highest BCUT2D eigenvalue weighted by Gasteiger charge is 2.45. The molecule has 0 aliphatic heterocycles. The van der Waals surface area contributed by atoms with Gasteiger partial charge < -0.3 is 16.4 Å². The molecule has 1 aromatic carbocycles. The van der Waals surface area contributed by atoms with Crippen LogP contribution >= 0.6 is 12.4 Å². The highest BCUT2D eigenvalue weighted by Crippen LogP contribution is 2.32. The van der Waals surface area contributed by atoms with Crippen molar-refractivity contribution in [3.63, 3.8) is 0 Å². The summed E-state index contributed by atoms with van der Waals surface area (Å²) in [5.74, 6) is -0.235. The second-order valence-electron chi connectivity index (χ2n) is 5.55. The van der Waals surface area contributed by atoms with Crippen molar-refractivity contribution in [1.29, 1.82) is 0 Å². The number of carbonyl (C=O) groups excluding carboxylic acids is 1. The number of carbonyl (C=O) groups is 1. The lowest BCUT2D eigenvalue weighted by Crippen LogP contribution is -2.44. The Morgan fingerprint density at radius 3 is 2.50 bits per heavy atom. The van der Waals surface area contributed by atoms with Gasteiger partial charge in [-0.3, -0.25) is 14.9 Å². The van der Waals surface area contributed by atoms with Crippen LogP contribution in [0.25, 0.3) is 0 Å². The topological polar surface area (TPSA) is 144 Å². The Morgan fingerprint density at radius 2 is 2.00 bits per heavy atom. The van der Waals surface area contributed by atoms with Crippen LogP contribution in [0.3, 0.4) is 0 Å². The summed E-state index contributed by atoms with van der Waals surface area (Å²) in [6, 6.07) is 3.64. The maximum absolute atomic E-state index is 11.6. The van der Waals surface area contributed by atoms with E-state index in [1.54, 1.807) is 0 Å². The lowest BCUT2D eigenvalue weighted by molar-refractivity contribution is -0.384. The van der Waals surface area contributed by atoms with Crippen LogP contribution in [0.5, 0.6) is 0 Å². The van der Waals surface area contributed by atoms with Gasteiger partial charge in [0, 0.05) is 25.4 Å². The van der Waals surface area contributed by atoms with Crippen molar-refractivity contribution in [2.45, 2.75) is 23.3 Å². The van der Waals surface area contributed by atoms with Crippen molar-refractivity contribution in [3.8, 4) is 0 Å². The second-order valence-corrected chi connectivity index (χ2v) is 7.56. The average Bonchev–Trinajstić information content (AvgIpc) is 3.21. The molecule has 134 valence electrons. The van der Waals surface area contributed by atoms with E-state index in [0.717, 1.165) is 12.3 Å². The molecule has 1 aliphatic rings. The van der Waals surface area contributed by atoms with Crippen LogP contribution < -0.4 is 16.4 Å². The molecular weight excluding hydrogens is 360 g/mol. The van der Waals surface area contributed by atoms with E-state index in [1.165, 1.54) is 12.1 Å². The van der Waals surface area contributed by atoms with E-state index in [4.69, 9.17) is 5.73 Å². The van der Waals surface area contributed by atoms with Crippen molar-refractivity contribution in [2.24, 2.45) is 5.73 Å². The summed E-state index contributed by atoms with van der Waals surface area (Å²) in [5.41, 5.74) is 4.81. The van der Waals surface area contributed by atoms with Gasteiger partial charge >= 0.3 is 0 Å². The third-order valence-corrected chi connectivity index (χ3v) is 4.67. The number of hydrogen-bond acceptors (Lipinski definition) is 7. The summed E-state index contributed by atoms with van der Waals surface area (Å²) in [4.78, 5) is 21.9. The monoisotopic (exact) mass is 378 g/mol. The fraction of sp³-hybridized carbons (Fsp3) is 0.462. The molecule has 0 heterocycles. The highest BCUT2D eigenvalue weighted by atomic mass is 35.5. The minimum Gasteiger partial charge on any atom is -0.378 e. The van der Waals surface area contributed by atoms with E-state index >= 15 is 0 Å². The van der Waals surface area contributed by atoms with Crippen LogP contribution in [-0.4, -0.2) is 44.1 Å². The predicted octanol–water partition coefficient (Wildman–Crippen LogP) is 0.440. The van der Waals surface area contributed by atoms with Crippen molar-refractivity contribution in [1.82, 2.24) is 5.32 Å². The van der Waals surface area contributed by atoms with E-state index in [2.05, 4.69) is 10.6 Å².